The average molecular weight is 355 g/mol. The number of nitrogens with zero attached hydrogens (tertiary/aromatic N) is 3. The standard InChI is InChI=1S/C19H15F2N3O2/c1-11-7-13(8-23-16(11)18(20)21)26-19-15(9-22-10-24-19)14-4-2-3-12-5-6-25-17(12)14/h2-4,7-10,18H,5-6H2,1H3. The van der Waals surface area contributed by atoms with Crippen LogP contribution >= 0.6 is 0 Å². The van der Waals surface area contributed by atoms with Crippen molar-refractivity contribution in [1.82, 2.24) is 15.0 Å². The third-order valence-corrected chi connectivity index (χ3v) is 4.20. The first kappa shape index (κ1) is 16.4. The summed E-state index contributed by atoms with van der Waals surface area (Å²) in [6, 6.07) is 7.40. The van der Waals surface area contributed by atoms with Gasteiger partial charge in [-0.2, -0.15) is 0 Å². The first-order chi connectivity index (χ1) is 12.6. The number of fused-ring (bicyclic) bond motifs is 1. The number of pyridine rings is 1. The molecule has 0 amide bonds. The molecule has 0 radical (unpaired) electrons. The van der Waals surface area contributed by atoms with E-state index in [0.29, 0.717) is 29.4 Å². The number of ether oxygens (including phenoxy) is 2. The smallest absolute Gasteiger partial charge is 0.280 e. The zero-order chi connectivity index (χ0) is 18.1. The Hall–Kier alpha value is -3.09. The number of para-hydroxylation sites is 1. The molecule has 26 heavy (non-hydrogen) atoms. The molecule has 0 bridgehead atoms. The molecule has 7 heteroatoms. The fraction of sp³-hybridized carbons (Fsp3) is 0.211. The van der Waals surface area contributed by atoms with Gasteiger partial charge in [0.15, 0.2) is 0 Å². The zero-order valence-electron chi connectivity index (χ0n) is 13.9. The van der Waals surface area contributed by atoms with Crippen molar-refractivity contribution in [2.75, 3.05) is 6.61 Å². The second-order valence-electron chi connectivity index (χ2n) is 5.91. The predicted molar refractivity (Wildman–Crippen MR) is 90.7 cm³/mol. The number of aryl methyl sites for hydroxylation is 1. The Kier molecular flexibility index (Phi) is 4.20. The Bertz CT molecular complexity index is 963. The molecule has 3 aromatic rings. The summed E-state index contributed by atoms with van der Waals surface area (Å²) >= 11 is 0. The summed E-state index contributed by atoms with van der Waals surface area (Å²) in [6.07, 6.45) is 2.52. The third-order valence-electron chi connectivity index (χ3n) is 4.20. The average Bonchev–Trinajstić information content (AvgIpc) is 3.11. The van der Waals surface area contributed by atoms with Gasteiger partial charge < -0.3 is 9.47 Å². The SMILES string of the molecule is Cc1cc(Oc2ncncc2-c2cccc3c2OCC3)cnc1C(F)F. The van der Waals surface area contributed by atoms with Crippen LogP contribution in [0.15, 0.2) is 43.0 Å². The van der Waals surface area contributed by atoms with E-state index in [9.17, 15) is 8.78 Å². The monoisotopic (exact) mass is 355 g/mol. The predicted octanol–water partition coefficient (Wildman–Crippen LogP) is 4.51. The molecule has 0 atom stereocenters. The molecule has 0 fully saturated rings. The maximum Gasteiger partial charge on any atom is 0.280 e. The van der Waals surface area contributed by atoms with Crippen LogP contribution in [-0.4, -0.2) is 21.6 Å². The second-order valence-corrected chi connectivity index (χ2v) is 5.91. The number of rotatable bonds is 4. The number of hydrogen-bond donors (Lipinski definition) is 0. The summed E-state index contributed by atoms with van der Waals surface area (Å²) in [7, 11) is 0. The highest BCUT2D eigenvalue weighted by Gasteiger charge is 2.21. The normalized spacial score (nSPS) is 12.8. The van der Waals surface area contributed by atoms with Crippen molar-refractivity contribution < 1.29 is 18.3 Å². The van der Waals surface area contributed by atoms with E-state index in [1.807, 2.05) is 18.2 Å². The summed E-state index contributed by atoms with van der Waals surface area (Å²) in [4.78, 5) is 12.1. The molecule has 0 N–H and O–H groups in total. The molecule has 3 heterocycles. The fourth-order valence-electron chi connectivity index (χ4n) is 2.97. The van der Waals surface area contributed by atoms with Crippen LogP contribution in [0.1, 0.15) is 23.2 Å². The lowest BCUT2D eigenvalue weighted by atomic mass is 10.0. The zero-order valence-corrected chi connectivity index (χ0v) is 13.9. The summed E-state index contributed by atoms with van der Waals surface area (Å²) in [5.41, 5.74) is 2.73. The van der Waals surface area contributed by atoms with Gasteiger partial charge in [0, 0.05) is 18.2 Å². The molecule has 1 aromatic carbocycles. The highest BCUT2D eigenvalue weighted by Crippen LogP contribution is 2.40. The van der Waals surface area contributed by atoms with E-state index in [0.717, 1.165) is 23.3 Å². The highest BCUT2D eigenvalue weighted by atomic mass is 19.3. The van der Waals surface area contributed by atoms with Crippen LogP contribution in [0.25, 0.3) is 11.1 Å². The van der Waals surface area contributed by atoms with Crippen molar-refractivity contribution in [3.63, 3.8) is 0 Å². The van der Waals surface area contributed by atoms with E-state index in [1.54, 1.807) is 13.1 Å². The molecule has 0 aliphatic carbocycles. The first-order valence-electron chi connectivity index (χ1n) is 8.11. The van der Waals surface area contributed by atoms with Gasteiger partial charge in [0.05, 0.1) is 18.4 Å². The molecule has 1 aliphatic rings. The second kappa shape index (κ2) is 6.67. The van der Waals surface area contributed by atoms with Crippen molar-refractivity contribution in [2.24, 2.45) is 0 Å². The van der Waals surface area contributed by atoms with Gasteiger partial charge in [-0.05, 0) is 24.1 Å². The van der Waals surface area contributed by atoms with Crippen molar-refractivity contribution in [3.8, 4) is 28.5 Å². The molecule has 0 saturated carbocycles. The van der Waals surface area contributed by atoms with Gasteiger partial charge in [-0.1, -0.05) is 18.2 Å². The van der Waals surface area contributed by atoms with Gasteiger partial charge in [0.1, 0.15) is 23.5 Å². The first-order valence-corrected chi connectivity index (χ1v) is 8.11. The molecular weight excluding hydrogens is 340 g/mol. The Morgan fingerprint density at radius 1 is 1.15 bits per heavy atom. The van der Waals surface area contributed by atoms with Crippen LogP contribution in [-0.2, 0) is 6.42 Å². The lowest BCUT2D eigenvalue weighted by molar-refractivity contribution is 0.145. The molecular formula is C19H15F2N3O2. The Morgan fingerprint density at radius 3 is 2.85 bits per heavy atom. The minimum Gasteiger partial charge on any atom is -0.492 e. The van der Waals surface area contributed by atoms with E-state index < -0.39 is 6.43 Å². The van der Waals surface area contributed by atoms with Crippen molar-refractivity contribution >= 4 is 0 Å². The molecule has 0 unspecified atom stereocenters. The van der Waals surface area contributed by atoms with Gasteiger partial charge in [0.25, 0.3) is 6.43 Å². The fourth-order valence-corrected chi connectivity index (χ4v) is 2.97. The van der Waals surface area contributed by atoms with Crippen LogP contribution < -0.4 is 9.47 Å². The van der Waals surface area contributed by atoms with Gasteiger partial charge in [0.2, 0.25) is 5.88 Å². The van der Waals surface area contributed by atoms with E-state index in [-0.39, 0.29) is 5.69 Å². The molecule has 2 aromatic heterocycles. The number of aromatic nitrogens is 3. The minimum atomic E-state index is -2.62. The maximum atomic E-state index is 12.9. The van der Waals surface area contributed by atoms with Crippen molar-refractivity contribution in [2.45, 2.75) is 19.8 Å². The molecule has 132 valence electrons. The van der Waals surface area contributed by atoms with Crippen LogP contribution in [0.3, 0.4) is 0 Å². The van der Waals surface area contributed by atoms with Crippen LogP contribution in [0, 0.1) is 6.92 Å². The van der Waals surface area contributed by atoms with Gasteiger partial charge in [-0.25, -0.2) is 18.7 Å². The summed E-state index contributed by atoms with van der Waals surface area (Å²) in [6.45, 7) is 2.20. The summed E-state index contributed by atoms with van der Waals surface area (Å²) < 4.78 is 37.3. The van der Waals surface area contributed by atoms with E-state index in [4.69, 9.17) is 9.47 Å². The van der Waals surface area contributed by atoms with E-state index >= 15 is 0 Å². The summed E-state index contributed by atoms with van der Waals surface area (Å²) in [5.74, 6) is 1.45. The number of benzene rings is 1. The van der Waals surface area contributed by atoms with E-state index in [2.05, 4.69) is 15.0 Å². The van der Waals surface area contributed by atoms with Crippen molar-refractivity contribution in [1.29, 1.82) is 0 Å². The van der Waals surface area contributed by atoms with Crippen LogP contribution in [0.4, 0.5) is 8.78 Å². The Morgan fingerprint density at radius 2 is 2.04 bits per heavy atom. The molecule has 0 saturated heterocycles. The lowest BCUT2D eigenvalue weighted by Gasteiger charge is -2.13. The minimum absolute atomic E-state index is 0.255. The van der Waals surface area contributed by atoms with Gasteiger partial charge >= 0.3 is 0 Å². The third kappa shape index (κ3) is 2.96. The number of halogens is 2. The highest BCUT2D eigenvalue weighted by molar-refractivity contribution is 5.76. The topological polar surface area (TPSA) is 57.1 Å². The number of alkyl halides is 2. The van der Waals surface area contributed by atoms with E-state index in [1.165, 1.54) is 18.6 Å². The molecule has 5 nitrogen and oxygen atoms in total. The molecule has 1 aliphatic heterocycles. The Labute approximate surface area is 148 Å². The Balaban J connectivity index is 1.72. The quantitative estimate of drug-likeness (QED) is 0.689. The van der Waals surface area contributed by atoms with Gasteiger partial charge in [-0.3, -0.25) is 4.98 Å². The lowest BCUT2D eigenvalue weighted by Crippen LogP contribution is -1.98. The molecule has 0 spiro atoms. The number of hydrogen-bond acceptors (Lipinski definition) is 5. The van der Waals surface area contributed by atoms with Crippen molar-refractivity contribution in [3.05, 3.63) is 59.8 Å². The van der Waals surface area contributed by atoms with Crippen LogP contribution in [0.2, 0.25) is 0 Å². The van der Waals surface area contributed by atoms with Crippen LogP contribution in [0.5, 0.6) is 17.4 Å². The maximum absolute atomic E-state index is 12.9. The largest absolute Gasteiger partial charge is 0.492 e. The van der Waals surface area contributed by atoms with Gasteiger partial charge in [-0.15, -0.1) is 0 Å². The molecule has 4 rings (SSSR count). The summed E-state index contributed by atoms with van der Waals surface area (Å²) in [5, 5.41) is 0.